The van der Waals surface area contributed by atoms with Gasteiger partial charge in [-0.05, 0) is 38.0 Å². The first kappa shape index (κ1) is 10.4. The summed E-state index contributed by atoms with van der Waals surface area (Å²) in [6.07, 6.45) is 7.63. The van der Waals surface area contributed by atoms with Crippen LogP contribution in [0.3, 0.4) is 0 Å². The molecule has 0 aliphatic heterocycles. The number of aliphatic hydroxyl groups is 1. The number of nitrogens with one attached hydrogen (secondary N) is 1. The summed E-state index contributed by atoms with van der Waals surface area (Å²) in [7, 11) is 0. The molecule has 3 atom stereocenters. The van der Waals surface area contributed by atoms with Crippen LogP contribution in [0.1, 0.15) is 45.4 Å². The van der Waals surface area contributed by atoms with Gasteiger partial charge in [-0.25, -0.2) is 0 Å². The molecule has 0 radical (unpaired) electrons. The van der Waals surface area contributed by atoms with Crippen LogP contribution in [0.5, 0.6) is 0 Å². The highest BCUT2D eigenvalue weighted by Crippen LogP contribution is 2.33. The van der Waals surface area contributed by atoms with Crippen molar-refractivity contribution in [2.75, 3.05) is 6.54 Å². The molecule has 82 valence electrons. The third-order valence-electron chi connectivity index (χ3n) is 3.73. The van der Waals surface area contributed by atoms with Crippen LogP contribution in [-0.2, 0) is 0 Å². The zero-order valence-corrected chi connectivity index (χ0v) is 9.21. The van der Waals surface area contributed by atoms with Crippen molar-refractivity contribution in [1.82, 2.24) is 5.32 Å². The third-order valence-corrected chi connectivity index (χ3v) is 3.73. The Hall–Kier alpha value is -0.0800. The zero-order valence-electron chi connectivity index (χ0n) is 9.21. The second-order valence-electron chi connectivity index (χ2n) is 5.25. The predicted molar refractivity (Wildman–Crippen MR) is 58.2 cm³/mol. The third kappa shape index (κ3) is 2.96. The highest BCUT2D eigenvalue weighted by molar-refractivity contribution is 4.82. The van der Waals surface area contributed by atoms with Gasteiger partial charge in [0.05, 0.1) is 6.10 Å². The van der Waals surface area contributed by atoms with E-state index in [0.29, 0.717) is 12.0 Å². The molecule has 2 aliphatic carbocycles. The van der Waals surface area contributed by atoms with E-state index in [1.54, 1.807) is 0 Å². The summed E-state index contributed by atoms with van der Waals surface area (Å²) in [4.78, 5) is 0. The summed E-state index contributed by atoms with van der Waals surface area (Å²) >= 11 is 0. The molecule has 0 amide bonds. The average molecular weight is 197 g/mol. The number of rotatable bonds is 5. The molecule has 2 aliphatic rings. The summed E-state index contributed by atoms with van der Waals surface area (Å²) in [5.74, 6) is 1.53. The van der Waals surface area contributed by atoms with Crippen molar-refractivity contribution in [3.8, 4) is 0 Å². The molecule has 0 heterocycles. The normalized spacial score (nSPS) is 34.7. The van der Waals surface area contributed by atoms with Gasteiger partial charge < -0.3 is 10.4 Å². The molecule has 0 aromatic carbocycles. The monoisotopic (exact) mass is 197 g/mol. The Morgan fingerprint density at radius 3 is 2.64 bits per heavy atom. The molecular formula is C12H23NO. The highest BCUT2D eigenvalue weighted by Gasteiger charge is 2.27. The number of hydrogen-bond donors (Lipinski definition) is 2. The second kappa shape index (κ2) is 4.63. The Morgan fingerprint density at radius 2 is 2.07 bits per heavy atom. The maximum absolute atomic E-state index is 9.66. The Balaban J connectivity index is 1.60. The molecule has 2 heteroatoms. The van der Waals surface area contributed by atoms with Gasteiger partial charge in [0.25, 0.3) is 0 Å². The quantitative estimate of drug-likeness (QED) is 0.706. The van der Waals surface area contributed by atoms with Gasteiger partial charge in [0.2, 0.25) is 0 Å². The Kier molecular flexibility index (Phi) is 3.45. The SMILES string of the molecule is CC(CC1CC1)NCC1CCCC1O. The van der Waals surface area contributed by atoms with Crippen LogP contribution in [0.15, 0.2) is 0 Å². The van der Waals surface area contributed by atoms with Gasteiger partial charge in [-0.1, -0.05) is 19.3 Å². The van der Waals surface area contributed by atoms with Gasteiger partial charge in [-0.15, -0.1) is 0 Å². The number of hydrogen-bond acceptors (Lipinski definition) is 2. The minimum Gasteiger partial charge on any atom is -0.393 e. The lowest BCUT2D eigenvalue weighted by atomic mass is 10.1. The maximum atomic E-state index is 9.66. The van der Waals surface area contributed by atoms with E-state index in [1.165, 1.54) is 32.1 Å². The molecule has 14 heavy (non-hydrogen) atoms. The van der Waals surface area contributed by atoms with E-state index >= 15 is 0 Å². The van der Waals surface area contributed by atoms with E-state index in [0.717, 1.165) is 18.9 Å². The van der Waals surface area contributed by atoms with Gasteiger partial charge in [0.15, 0.2) is 0 Å². The van der Waals surface area contributed by atoms with Gasteiger partial charge in [0.1, 0.15) is 0 Å². The smallest absolute Gasteiger partial charge is 0.0580 e. The Morgan fingerprint density at radius 1 is 1.29 bits per heavy atom. The van der Waals surface area contributed by atoms with Crippen molar-refractivity contribution < 1.29 is 5.11 Å². The van der Waals surface area contributed by atoms with E-state index in [-0.39, 0.29) is 6.10 Å². The van der Waals surface area contributed by atoms with Crippen molar-refractivity contribution in [1.29, 1.82) is 0 Å². The van der Waals surface area contributed by atoms with Crippen LogP contribution in [0.2, 0.25) is 0 Å². The fourth-order valence-corrected chi connectivity index (χ4v) is 2.54. The molecule has 2 fully saturated rings. The van der Waals surface area contributed by atoms with Gasteiger partial charge in [-0.3, -0.25) is 0 Å². The summed E-state index contributed by atoms with van der Waals surface area (Å²) in [6.45, 7) is 3.30. The van der Waals surface area contributed by atoms with E-state index in [9.17, 15) is 5.11 Å². The molecule has 0 spiro atoms. The minimum absolute atomic E-state index is 0.0318. The van der Waals surface area contributed by atoms with Crippen LogP contribution >= 0.6 is 0 Å². The van der Waals surface area contributed by atoms with Gasteiger partial charge in [-0.2, -0.15) is 0 Å². The van der Waals surface area contributed by atoms with Gasteiger partial charge >= 0.3 is 0 Å². The lowest BCUT2D eigenvalue weighted by molar-refractivity contribution is 0.130. The Bertz CT molecular complexity index is 179. The summed E-state index contributed by atoms with van der Waals surface area (Å²) in [5.41, 5.74) is 0. The van der Waals surface area contributed by atoms with Crippen molar-refractivity contribution in [3.05, 3.63) is 0 Å². The van der Waals surface area contributed by atoms with Crippen LogP contribution in [0.25, 0.3) is 0 Å². The summed E-state index contributed by atoms with van der Waals surface area (Å²) in [6, 6.07) is 0.648. The lowest BCUT2D eigenvalue weighted by Crippen LogP contribution is -2.34. The average Bonchev–Trinajstić information content (AvgIpc) is 2.86. The van der Waals surface area contributed by atoms with Crippen LogP contribution in [-0.4, -0.2) is 23.8 Å². The summed E-state index contributed by atoms with van der Waals surface area (Å²) in [5, 5.41) is 13.2. The standard InChI is InChI=1S/C12H23NO/c1-9(7-10-5-6-10)13-8-11-3-2-4-12(11)14/h9-14H,2-8H2,1H3. The molecule has 2 rings (SSSR count). The molecule has 0 aromatic rings. The second-order valence-corrected chi connectivity index (χ2v) is 5.25. The van der Waals surface area contributed by atoms with Crippen molar-refractivity contribution >= 4 is 0 Å². The zero-order chi connectivity index (χ0) is 9.97. The fraction of sp³-hybridized carbons (Fsp3) is 1.00. The fourth-order valence-electron chi connectivity index (χ4n) is 2.54. The first-order valence-electron chi connectivity index (χ1n) is 6.17. The summed E-state index contributed by atoms with van der Waals surface area (Å²) < 4.78 is 0. The lowest BCUT2D eigenvalue weighted by Gasteiger charge is -2.19. The van der Waals surface area contributed by atoms with Crippen LogP contribution in [0.4, 0.5) is 0 Å². The van der Waals surface area contributed by atoms with Gasteiger partial charge in [0, 0.05) is 12.6 Å². The van der Waals surface area contributed by atoms with Crippen molar-refractivity contribution in [2.45, 2.75) is 57.6 Å². The molecule has 0 bridgehead atoms. The van der Waals surface area contributed by atoms with Crippen LogP contribution in [0, 0.1) is 11.8 Å². The molecular weight excluding hydrogens is 174 g/mol. The molecule has 2 N–H and O–H groups in total. The predicted octanol–water partition coefficient (Wildman–Crippen LogP) is 1.93. The first-order chi connectivity index (χ1) is 6.75. The Labute approximate surface area is 87.1 Å². The van der Waals surface area contributed by atoms with E-state index < -0.39 is 0 Å². The van der Waals surface area contributed by atoms with E-state index in [1.807, 2.05) is 0 Å². The van der Waals surface area contributed by atoms with Crippen LogP contribution < -0.4 is 5.32 Å². The minimum atomic E-state index is -0.0318. The topological polar surface area (TPSA) is 32.3 Å². The van der Waals surface area contributed by atoms with Crippen molar-refractivity contribution in [3.63, 3.8) is 0 Å². The highest BCUT2D eigenvalue weighted by atomic mass is 16.3. The molecule has 3 unspecified atom stereocenters. The first-order valence-corrected chi connectivity index (χ1v) is 6.17. The number of aliphatic hydroxyl groups excluding tert-OH is 1. The molecule has 0 aromatic heterocycles. The molecule has 2 saturated carbocycles. The van der Waals surface area contributed by atoms with E-state index in [2.05, 4.69) is 12.2 Å². The largest absolute Gasteiger partial charge is 0.393 e. The molecule has 2 nitrogen and oxygen atoms in total. The van der Waals surface area contributed by atoms with Crippen molar-refractivity contribution in [2.24, 2.45) is 11.8 Å². The molecule has 0 saturated heterocycles. The van der Waals surface area contributed by atoms with E-state index in [4.69, 9.17) is 0 Å². The maximum Gasteiger partial charge on any atom is 0.0580 e.